The quantitative estimate of drug-likeness (QED) is 0.763. The molecule has 1 aromatic rings. The molecule has 0 spiro atoms. The van der Waals surface area contributed by atoms with Gasteiger partial charge in [0.25, 0.3) is 0 Å². The predicted octanol–water partition coefficient (Wildman–Crippen LogP) is 4.85. The molecule has 0 aliphatic rings. The number of benzene rings is 1. The summed E-state index contributed by atoms with van der Waals surface area (Å²) >= 11 is 3.60. The Bertz CT molecular complexity index is 405. The van der Waals surface area contributed by atoms with Crippen LogP contribution in [0.5, 0.6) is 0 Å². The van der Waals surface area contributed by atoms with Crippen LogP contribution in [0.4, 0.5) is 5.69 Å². The Morgan fingerprint density at radius 1 is 1.05 bits per heavy atom. The first-order valence-electron chi connectivity index (χ1n) is 7.56. The van der Waals surface area contributed by atoms with Crippen LogP contribution in [-0.2, 0) is 0 Å². The van der Waals surface area contributed by atoms with Crippen molar-refractivity contribution in [2.75, 3.05) is 25.0 Å². The molecule has 0 saturated heterocycles. The lowest BCUT2D eigenvalue weighted by atomic mass is 10.0. The molecule has 114 valence electrons. The summed E-state index contributed by atoms with van der Waals surface area (Å²) in [6.45, 7) is 13.6. The number of nitrogens with zero attached hydrogens (tertiary/aromatic N) is 1. The van der Waals surface area contributed by atoms with Gasteiger partial charge in [0.1, 0.15) is 0 Å². The molecule has 0 heterocycles. The minimum atomic E-state index is 0.351. The van der Waals surface area contributed by atoms with Crippen LogP contribution in [0.1, 0.15) is 46.2 Å². The zero-order valence-corrected chi connectivity index (χ0v) is 15.3. The summed E-state index contributed by atoms with van der Waals surface area (Å²) in [7, 11) is 2.02. The monoisotopic (exact) mass is 340 g/mol. The van der Waals surface area contributed by atoms with Crippen molar-refractivity contribution in [1.82, 2.24) is 5.32 Å². The summed E-state index contributed by atoms with van der Waals surface area (Å²) in [5.74, 6) is 1.32. The summed E-state index contributed by atoms with van der Waals surface area (Å²) in [5.41, 5.74) is 2.72. The summed E-state index contributed by atoms with van der Waals surface area (Å²) in [5, 5.41) is 3.36. The Morgan fingerprint density at radius 2 is 1.60 bits per heavy atom. The second kappa shape index (κ2) is 8.04. The Balaban J connectivity index is 3.16. The molecule has 1 N–H and O–H groups in total. The van der Waals surface area contributed by atoms with E-state index in [-0.39, 0.29) is 0 Å². The van der Waals surface area contributed by atoms with Crippen molar-refractivity contribution >= 4 is 21.6 Å². The molecule has 0 fully saturated rings. The Kier molecular flexibility index (Phi) is 7.04. The van der Waals surface area contributed by atoms with Gasteiger partial charge in [-0.15, -0.1) is 0 Å². The summed E-state index contributed by atoms with van der Waals surface area (Å²) in [4.78, 5) is 2.53. The first kappa shape index (κ1) is 17.5. The second-order valence-corrected chi connectivity index (χ2v) is 7.32. The van der Waals surface area contributed by atoms with Crippen LogP contribution in [-0.4, -0.2) is 20.1 Å². The molecule has 20 heavy (non-hydrogen) atoms. The van der Waals surface area contributed by atoms with Crippen LogP contribution < -0.4 is 10.2 Å². The molecular weight excluding hydrogens is 312 g/mol. The molecule has 2 nitrogen and oxygen atoms in total. The first-order valence-corrected chi connectivity index (χ1v) is 8.36. The van der Waals surface area contributed by atoms with Crippen LogP contribution in [0.3, 0.4) is 0 Å². The molecule has 0 aliphatic carbocycles. The molecule has 0 radical (unpaired) electrons. The lowest BCUT2D eigenvalue weighted by molar-refractivity contribution is 0.547. The minimum absolute atomic E-state index is 0.351. The van der Waals surface area contributed by atoms with Crippen molar-refractivity contribution in [3.8, 4) is 0 Å². The molecule has 1 unspecified atom stereocenters. The second-order valence-electron chi connectivity index (χ2n) is 6.41. The summed E-state index contributed by atoms with van der Waals surface area (Å²) < 4.78 is 1.15. The third-order valence-electron chi connectivity index (χ3n) is 3.40. The van der Waals surface area contributed by atoms with E-state index in [9.17, 15) is 0 Å². The van der Waals surface area contributed by atoms with E-state index in [4.69, 9.17) is 0 Å². The third-order valence-corrected chi connectivity index (χ3v) is 3.89. The Morgan fingerprint density at radius 3 is 2.05 bits per heavy atom. The average Bonchev–Trinajstić information content (AvgIpc) is 2.35. The van der Waals surface area contributed by atoms with Crippen molar-refractivity contribution in [2.45, 2.75) is 40.7 Å². The van der Waals surface area contributed by atoms with Crippen molar-refractivity contribution in [2.24, 2.45) is 11.8 Å². The zero-order chi connectivity index (χ0) is 15.3. The highest BCUT2D eigenvalue weighted by Crippen LogP contribution is 2.30. The Hall–Kier alpha value is -0.540. The number of nitrogens with one attached hydrogen (secondary N) is 1. The van der Waals surface area contributed by atoms with E-state index < -0.39 is 0 Å². The zero-order valence-electron chi connectivity index (χ0n) is 13.7. The highest BCUT2D eigenvalue weighted by Gasteiger charge is 2.17. The number of hydrogen-bond acceptors (Lipinski definition) is 2. The maximum atomic E-state index is 3.60. The lowest BCUT2D eigenvalue weighted by Gasteiger charge is -2.32. The van der Waals surface area contributed by atoms with E-state index >= 15 is 0 Å². The normalized spacial score (nSPS) is 13.1. The molecule has 0 bridgehead atoms. The van der Waals surface area contributed by atoms with Gasteiger partial charge in [-0.1, -0.05) is 43.6 Å². The van der Waals surface area contributed by atoms with Gasteiger partial charge in [-0.2, -0.15) is 0 Å². The van der Waals surface area contributed by atoms with E-state index in [1.165, 1.54) is 11.3 Å². The topological polar surface area (TPSA) is 15.3 Å². The van der Waals surface area contributed by atoms with Crippen molar-refractivity contribution in [1.29, 1.82) is 0 Å². The molecule has 0 aromatic heterocycles. The predicted molar refractivity (Wildman–Crippen MR) is 93.5 cm³/mol. The highest BCUT2D eigenvalue weighted by molar-refractivity contribution is 9.10. The fourth-order valence-corrected chi connectivity index (χ4v) is 2.85. The molecule has 1 aromatic carbocycles. The number of anilines is 1. The first-order chi connectivity index (χ1) is 9.35. The largest absolute Gasteiger partial charge is 0.371 e. The van der Waals surface area contributed by atoms with Gasteiger partial charge in [-0.25, -0.2) is 0 Å². The minimum Gasteiger partial charge on any atom is -0.371 e. The number of halogens is 1. The van der Waals surface area contributed by atoms with Crippen LogP contribution >= 0.6 is 15.9 Å². The van der Waals surface area contributed by atoms with Crippen LogP contribution in [0.15, 0.2) is 22.7 Å². The molecule has 0 amide bonds. The molecule has 3 heteroatoms. The molecular formula is C17H29BrN2. The van der Waals surface area contributed by atoms with Gasteiger partial charge < -0.3 is 10.2 Å². The van der Waals surface area contributed by atoms with E-state index in [1.807, 2.05) is 7.05 Å². The number of hydrogen-bond donors (Lipinski definition) is 1. The van der Waals surface area contributed by atoms with Gasteiger partial charge in [0.05, 0.1) is 0 Å². The van der Waals surface area contributed by atoms with Gasteiger partial charge >= 0.3 is 0 Å². The average molecular weight is 341 g/mol. The van der Waals surface area contributed by atoms with E-state index in [1.54, 1.807) is 0 Å². The summed E-state index contributed by atoms with van der Waals surface area (Å²) in [6.07, 6.45) is 0. The molecule has 0 aliphatic heterocycles. The van der Waals surface area contributed by atoms with Crippen molar-refractivity contribution < 1.29 is 0 Å². The van der Waals surface area contributed by atoms with Crippen LogP contribution in [0.2, 0.25) is 0 Å². The number of rotatable bonds is 7. The Labute approximate surface area is 133 Å². The maximum Gasteiger partial charge on any atom is 0.0415 e. The standard InChI is InChI=1S/C17H29BrN2/c1-12(2)10-20(11-13(3)4)17-8-7-15(18)9-16(17)14(5)19-6/h7-9,12-14,19H,10-11H2,1-6H3. The fourth-order valence-electron chi connectivity index (χ4n) is 2.47. The van der Waals surface area contributed by atoms with Crippen LogP contribution in [0, 0.1) is 11.8 Å². The maximum absolute atomic E-state index is 3.60. The summed E-state index contributed by atoms with van der Waals surface area (Å²) in [6, 6.07) is 6.99. The molecule has 1 atom stereocenters. The van der Waals surface area contributed by atoms with Crippen LogP contribution in [0.25, 0.3) is 0 Å². The van der Waals surface area contributed by atoms with Gasteiger partial charge in [-0.05, 0) is 49.6 Å². The van der Waals surface area contributed by atoms with Crippen molar-refractivity contribution in [3.05, 3.63) is 28.2 Å². The van der Waals surface area contributed by atoms with Gasteiger partial charge in [-0.3, -0.25) is 0 Å². The SMILES string of the molecule is CNC(C)c1cc(Br)ccc1N(CC(C)C)CC(C)C. The lowest BCUT2D eigenvalue weighted by Crippen LogP contribution is -2.33. The van der Waals surface area contributed by atoms with E-state index in [2.05, 4.69) is 79.0 Å². The third kappa shape index (κ3) is 5.10. The van der Waals surface area contributed by atoms with Gasteiger partial charge in [0.2, 0.25) is 0 Å². The fraction of sp³-hybridized carbons (Fsp3) is 0.647. The smallest absolute Gasteiger partial charge is 0.0415 e. The van der Waals surface area contributed by atoms with Gasteiger partial charge in [0, 0.05) is 29.3 Å². The molecule has 1 rings (SSSR count). The molecule has 0 saturated carbocycles. The van der Waals surface area contributed by atoms with E-state index in [0.717, 1.165) is 17.6 Å². The van der Waals surface area contributed by atoms with E-state index in [0.29, 0.717) is 17.9 Å². The van der Waals surface area contributed by atoms with Crippen molar-refractivity contribution in [3.63, 3.8) is 0 Å². The highest BCUT2D eigenvalue weighted by atomic mass is 79.9. The van der Waals surface area contributed by atoms with Gasteiger partial charge in [0.15, 0.2) is 0 Å².